The van der Waals surface area contributed by atoms with Crippen LogP contribution < -0.4 is 5.73 Å². The molecule has 1 aromatic rings. The molecule has 1 rings (SSSR count). The molecule has 0 heterocycles. The Balaban J connectivity index is 3.20. The Morgan fingerprint density at radius 3 is 2.50 bits per heavy atom. The van der Waals surface area contributed by atoms with Gasteiger partial charge < -0.3 is 5.73 Å². The molecule has 2 N–H and O–H groups in total. The Labute approximate surface area is 80.7 Å². The van der Waals surface area contributed by atoms with Crippen LogP contribution in [0.2, 0.25) is 0 Å². The van der Waals surface area contributed by atoms with Gasteiger partial charge in [0.2, 0.25) is 0 Å². The Morgan fingerprint density at radius 2 is 2.00 bits per heavy atom. The summed E-state index contributed by atoms with van der Waals surface area (Å²) in [5, 5.41) is 0. The molecule has 0 aliphatic rings. The standard InChI is InChI=1S/C10H12F3N/c1-6(5-14)8-2-7(4-11)3-9(12)10(8)13/h2-3,6H,4-5,14H2,1H3. The monoisotopic (exact) mass is 203 g/mol. The molecule has 1 aromatic carbocycles. The molecule has 0 aliphatic heterocycles. The molecule has 0 fully saturated rings. The van der Waals surface area contributed by atoms with Gasteiger partial charge in [0, 0.05) is 0 Å². The lowest BCUT2D eigenvalue weighted by atomic mass is 9.98. The van der Waals surface area contributed by atoms with Crippen LogP contribution in [-0.2, 0) is 6.67 Å². The van der Waals surface area contributed by atoms with Crippen molar-refractivity contribution in [2.45, 2.75) is 19.5 Å². The average molecular weight is 203 g/mol. The minimum absolute atomic E-state index is 0.138. The SMILES string of the molecule is CC(CN)c1cc(CF)cc(F)c1F. The van der Waals surface area contributed by atoms with Gasteiger partial charge in [0.05, 0.1) is 0 Å². The summed E-state index contributed by atoms with van der Waals surface area (Å²) in [6.45, 7) is 1.06. The highest BCUT2D eigenvalue weighted by Gasteiger charge is 2.15. The highest BCUT2D eigenvalue weighted by Crippen LogP contribution is 2.22. The van der Waals surface area contributed by atoms with E-state index < -0.39 is 18.3 Å². The van der Waals surface area contributed by atoms with Crippen LogP contribution in [0.5, 0.6) is 0 Å². The topological polar surface area (TPSA) is 26.0 Å². The quantitative estimate of drug-likeness (QED) is 0.802. The van der Waals surface area contributed by atoms with Gasteiger partial charge in [-0.05, 0) is 35.7 Å². The van der Waals surface area contributed by atoms with Crippen molar-refractivity contribution in [3.8, 4) is 0 Å². The number of hydrogen-bond donors (Lipinski definition) is 1. The van der Waals surface area contributed by atoms with Crippen molar-refractivity contribution in [3.63, 3.8) is 0 Å². The molecule has 0 aromatic heterocycles. The molecule has 14 heavy (non-hydrogen) atoms. The van der Waals surface area contributed by atoms with Crippen molar-refractivity contribution < 1.29 is 13.2 Å². The fraction of sp³-hybridized carbons (Fsp3) is 0.400. The van der Waals surface area contributed by atoms with Crippen LogP contribution in [0.4, 0.5) is 13.2 Å². The van der Waals surface area contributed by atoms with Crippen LogP contribution in [0.3, 0.4) is 0 Å². The predicted molar refractivity (Wildman–Crippen MR) is 48.6 cm³/mol. The molecular formula is C10H12F3N. The largest absolute Gasteiger partial charge is 0.330 e. The van der Waals surface area contributed by atoms with E-state index >= 15 is 0 Å². The summed E-state index contributed by atoms with van der Waals surface area (Å²) in [5.41, 5.74) is 5.61. The predicted octanol–water partition coefficient (Wildman–Crippen LogP) is 2.50. The van der Waals surface area contributed by atoms with Gasteiger partial charge >= 0.3 is 0 Å². The molecular weight excluding hydrogens is 191 g/mol. The Kier molecular flexibility index (Phi) is 3.52. The maximum absolute atomic E-state index is 13.2. The third kappa shape index (κ3) is 2.07. The number of benzene rings is 1. The first-order chi connectivity index (χ1) is 6.60. The van der Waals surface area contributed by atoms with E-state index in [1.807, 2.05) is 0 Å². The zero-order valence-electron chi connectivity index (χ0n) is 7.86. The van der Waals surface area contributed by atoms with Crippen LogP contribution in [0.15, 0.2) is 12.1 Å². The normalized spacial score (nSPS) is 12.9. The summed E-state index contributed by atoms with van der Waals surface area (Å²) in [5.74, 6) is -2.26. The Hall–Kier alpha value is -1.03. The van der Waals surface area contributed by atoms with E-state index in [4.69, 9.17) is 5.73 Å². The van der Waals surface area contributed by atoms with Crippen LogP contribution in [0.25, 0.3) is 0 Å². The number of rotatable bonds is 3. The molecule has 4 heteroatoms. The van der Waals surface area contributed by atoms with Gasteiger partial charge in [0.1, 0.15) is 6.67 Å². The molecule has 0 aliphatic carbocycles. The van der Waals surface area contributed by atoms with Crippen LogP contribution in [-0.4, -0.2) is 6.54 Å². The van der Waals surface area contributed by atoms with Crippen molar-refractivity contribution in [3.05, 3.63) is 34.9 Å². The van der Waals surface area contributed by atoms with Crippen LogP contribution >= 0.6 is 0 Å². The van der Waals surface area contributed by atoms with E-state index in [1.165, 1.54) is 6.07 Å². The lowest BCUT2D eigenvalue weighted by Gasteiger charge is -2.11. The molecule has 0 saturated carbocycles. The summed E-state index contributed by atoms with van der Waals surface area (Å²) < 4.78 is 38.4. The summed E-state index contributed by atoms with van der Waals surface area (Å²) >= 11 is 0. The molecule has 1 unspecified atom stereocenters. The summed E-state index contributed by atoms with van der Waals surface area (Å²) in [4.78, 5) is 0. The highest BCUT2D eigenvalue weighted by molar-refractivity contribution is 5.28. The van der Waals surface area contributed by atoms with Gasteiger partial charge in [-0.1, -0.05) is 6.92 Å². The van der Waals surface area contributed by atoms with Crippen molar-refractivity contribution in [1.29, 1.82) is 0 Å². The van der Waals surface area contributed by atoms with E-state index in [2.05, 4.69) is 0 Å². The molecule has 1 nitrogen and oxygen atoms in total. The highest BCUT2D eigenvalue weighted by atomic mass is 19.2. The fourth-order valence-electron chi connectivity index (χ4n) is 1.23. The van der Waals surface area contributed by atoms with Crippen LogP contribution in [0, 0.1) is 11.6 Å². The smallest absolute Gasteiger partial charge is 0.162 e. The number of nitrogens with two attached hydrogens (primary N) is 1. The third-order valence-electron chi connectivity index (χ3n) is 2.15. The van der Waals surface area contributed by atoms with Gasteiger partial charge in [0.25, 0.3) is 0 Å². The first-order valence-electron chi connectivity index (χ1n) is 4.34. The fourth-order valence-corrected chi connectivity index (χ4v) is 1.23. The summed E-state index contributed by atoms with van der Waals surface area (Å²) in [6, 6.07) is 2.18. The van der Waals surface area contributed by atoms with Gasteiger partial charge in [-0.2, -0.15) is 0 Å². The molecule has 0 spiro atoms. The molecule has 0 radical (unpaired) electrons. The van der Waals surface area contributed by atoms with Crippen molar-refractivity contribution in [2.24, 2.45) is 5.73 Å². The summed E-state index contributed by atoms with van der Waals surface area (Å²) in [7, 11) is 0. The molecule has 78 valence electrons. The lowest BCUT2D eigenvalue weighted by molar-refractivity contribution is 0.465. The lowest BCUT2D eigenvalue weighted by Crippen LogP contribution is -2.11. The Bertz CT molecular complexity index is 325. The van der Waals surface area contributed by atoms with Crippen molar-refractivity contribution in [1.82, 2.24) is 0 Å². The van der Waals surface area contributed by atoms with Gasteiger partial charge in [0.15, 0.2) is 11.6 Å². The van der Waals surface area contributed by atoms with E-state index in [0.29, 0.717) is 0 Å². The first kappa shape index (κ1) is 11.0. The van der Waals surface area contributed by atoms with E-state index in [9.17, 15) is 13.2 Å². The average Bonchev–Trinajstić information content (AvgIpc) is 2.20. The zero-order chi connectivity index (χ0) is 10.7. The first-order valence-corrected chi connectivity index (χ1v) is 4.34. The minimum Gasteiger partial charge on any atom is -0.330 e. The van der Waals surface area contributed by atoms with Gasteiger partial charge in [-0.15, -0.1) is 0 Å². The summed E-state index contributed by atoms with van der Waals surface area (Å²) in [6.07, 6.45) is 0. The molecule has 0 saturated heterocycles. The molecule has 0 bridgehead atoms. The van der Waals surface area contributed by atoms with Crippen molar-refractivity contribution in [2.75, 3.05) is 6.54 Å². The van der Waals surface area contributed by atoms with Crippen molar-refractivity contribution >= 4 is 0 Å². The van der Waals surface area contributed by atoms with E-state index in [0.717, 1.165) is 6.07 Å². The van der Waals surface area contributed by atoms with E-state index in [-0.39, 0.29) is 23.6 Å². The third-order valence-corrected chi connectivity index (χ3v) is 2.15. The van der Waals surface area contributed by atoms with E-state index in [1.54, 1.807) is 6.92 Å². The molecule has 1 atom stereocenters. The second-order valence-electron chi connectivity index (χ2n) is 3.25. The zero-order valence-corrected chi connectivity index (χ0v) is 7.86. The number of halogens is 3. The Morgan fingerprint density at radius 1 is 1.36 bits per heavy atom. The van der Waals surface area contributed by atoms with Crippen LogP contribution in [0.1, 0.15) is 24.0 Å². The number of hydrogen-bond acceptors (Lipinski definition) is 1. The maximum Gasteiger partial charge on any atom is 0.162 e. The second kappa shape index (κ2) is 4.46. The maximum atomic E-state index is 13.2. The second-order valence-corrected chi connectivity index (χ2v) is 3.25. The minimum atomic E-state index is -1.02. The molecule has 0 amide bonds. The van der Waals surface area contributed by atoms with Gasteiger partial charge in [-0.25, -0.2) is 13.2 Å². The van der Waals surface area contributed by atoms with Gasteiger partial charge in [-0.3, -0.25) is 0 Å². The number of alkyl halides is 1.